The summed E-state index contributed by atoms with van der Waals surface area (Å²) in [6.45, 7) is 0. The number of sulfonamides is 1. The molecule has 1 aliphatic rings. The minimum atomic E-state index is -3.80. The van der Waals surface area contributed by atoms with Gasteiger partial charge in [0.25, 0.3) is 5.56 Å². The number of anilines is 1. The van der Waals surface area contributed by atoms with Crippen LogP contribution in [0.3, 0.4) is 0 Å². The van der Waals surface area contributed by atoms with Crippen molar-refractivity contribution in [3.05, 3.63) is 71.1 Å². The van der Waals surface area contributed by atoms with Crippen LogP contribution in [-0.2, 0) is 10.0 Å². The fraction of sp³-hybridized carbons (Fsp3) is 0.208. The maximum Gasteiger partial charge on any atom is 0.267 e. The Balaban J connectivity index is 1.66. The lowest BCUT2D eigenvalue weighted by atomic mass is 10.1. The highest BCUT2D eigenvalue weighted by atomic mass is 32.2. The second-order valence-corrected chi connectivity index (χ2v) is 9.70. The van der Waals surface area contributed by atoms with Crippen LogP contribution in [0.4, 0.5) is 5.95 Å². The average molecular weight is 478 g/mol. The van der Waals surface area contributed by atoms with Gasteiger partial charge in [0.05, 0.1) is 23.7 Å². The Morgan fingerprint density at radius 3 is 2.50 bits per heavy atom. The zero-order chi connectivity index (χ0) is 23.9. The molecular weight excluding hydrogens is 454 g/mol. The summed E-state index contributed by atoms with van der Waals surface area (Å²) >= 11 is 0. The van der Waals surface area contributed by atoms with Gasteiger partial charge in [0.2, 0.25) is 21.9 Å². The second-order valence-electron chi connectivity index (χ2n) is 8.02. The number of rotatable bonds is 7. The van der Waals surface area contributed by atoms with E-state index in [1.165, 1.54) is 23.9 Å². The lowest BCUT2D eigenvalue weighted by Gasteiger charge is -2.14. The van der Waals surface area contributed by atoms with E-state index in [4.69, 9.17) is 4.74 Å². The van der Waals surface area contributed by atoms with E-state index in [-0.39, 0.29) is 22.4 Å². The average Bonchev–Trinajstić information content (AvgIpc) is 3.67. The van der Waals surface area contributed by atoms with Crippen LogP contribution in [0.15, 0.2) is 70.5 Å². The number of ether oxygens (including phenoxy) is 1. The summed E-state index contributed by atoms with van der Waals surface area (Å²) in [6.07, 6.45) is 3.16. The van der Waals surface area contributed by atoms with Gasteiger partial charge in [-0.25, -0.2) is 27.7 Å². The van der Waals surface area contributed by atoms with E-state index in [9.17, 15) is 13.2 Å². The van der Waals surface area contributed by atoms with Gasteiger partial charge in [-0.05, 0) is 48.7 Å². The van der Waals surface area contributed by atoms with Crippen molar-refractivity contribution in [3.8, 4) is 22.7 Å². The number of nitrogens with zero attached hydrogens (tertiary/aromatic N) is 3. The number of fused-ring (bicyclic) bond motifs is 1. The lowest BCUT2D eigenvalue weighted by molar-refractivity contribution is 0.385. The SMILES string of the molecule is CNc1nc2ccc(-c3cnc(OC)c(S(=O)(=O)NC4CC4)c3)cc2c(=O)n1-c1ccccc1. The first-order valence-electron chi connectivity index (χ1n) is 10.8. The Morgan fingerprint density at radius 1 is 1.06 bits per heavy atom. The predicted molar refractivity (Wildman–Crippen MR) is 130 cm³/mol. The van der Waals surface area contributed by atoms with Crippen LogP contribution in [0, 0.1) is 0 Å². The Kier molecular flexibility index (Phi) is 5.54. The molecule has 5 rings (SSSR count). The van der Waals surface area contributed by atoms with E-state index >= 15 is 0 Å². The molecule has 0 saturated heterocycles. The molecule has 1 aliphatic carbocycles. The molecular formula is C24H23N5O4S. The Labute approximate surface area is 196 Å². The number of aromatic nitrogens is 3. The fourth-order valence-corrected chi connectivity index (χ4v) is 5.22. The number of nitrogens with one attached hydrogen (secondary N) is 2. The minimum Gasteiger partial charge on any atom is -0.480 e. The highest BCUT2D eigenvalue weighted by Crippen LogP contribution is 2.31. The van der Waals surface area contributed by atoms with Crippen LogP contribution in [0.2, 0.25) is 0 Å². The van der Waals surface area contributed by atoms with E-state index in [0.29, 0.717) is 33.7 Å². The number of hydrogen-bond donors (Lipinski definition) is 2. The second kappa shape index (κ2) is 8.54. The molecule has 2 N–H and O–H groups in total. The zero-order valence-corrected chi connectivity index (χ0v) is 19.5. The smallest absolute Gasteiger partial charge is 0.267 e. The number of hydrogen-bond acceptors (Lipinski definition) is 7. The van der Waals surface area contributed by atoms with Gasteiger partial charge in [0.1, 0.15) is 4.90 Å². The van der Waals surface area contributed by atoms with Crippen molar-refractivity contribution < 1.29 is 13.2 Å². The van der Waals surface area contributed by atoms with Gasteiger partial charge in [-0.3, -0.25) is 4.79 Å². The predicted octanol–water partition coefficient (Wildman–Crippen LogP) is 2.94. The molecule has 34 heavy (non-hydrogen) atoms. The summed E-state index contributed by atoms with van der Waals surface area (Å²) < 4.78 is 35.1. The van der Waals surface area contributed by atoms with Crippen molar-refractivity contribution in [2.75, 3.05) is 19.5 Å². The molecule has 2 heterocycles. The summed E-state index contributed by atoms with van der Waals surface area (Å²) in [5.41, 5.74) is 2.15. The summed E-state index contributed by atoms with van der Waals surface area (Å²) in [7, 11) is -0.706. The zero-order valence-electron chi connectivity index (χ0n) is 18.6. The molecule has 2 aromatic heterocycles. The molecule has 0 radical (unpaired) electrons. The van der Waals surface area contributed by atoms with Gasteiger partial charge in [-0.1, -0.05) is 24.3 Å². The van der Waals surface area contributed by atoms with Crippen LogP contribution in [0.25, 0.3) is 27.7 Å². The highest BCUT2D eigenvalue weighted by molar-refractivity contribution is 7.89. The third-order valence-electron chi connectivity index (χ3n) is 5.64. The van der Waals surface area contributed by atoms with Gasteiger partial charge in [-0.15, -0.1) is 0 Å². The topological polar surface area (TPSA) is 115 Å². The van der Waals surface area contributed by atoms with E-state index < -0.39 is 10.0 Å². The van der Waals surface area contributed by atoms with Gasteiger partial charge in [0, 0.05) is 24.8 Å². The fourth-order valence-electron chi connectivity index (χ4n) is 3.77. The third-order valence-corrected chi connectivity index (χ3v) is 7.15. The van der Waals surface area contributed by atoms with Crippen molar-refractivity contribution in [3.63, 3.8) is 0 Å². The van der Waals surface area contributed by atoms with Gasteiger partial charge in [-0.2, -0.15) is 0 Å². The Hall–Kier alpha value is -3.76. The first kappa shape index (κ1) is 22.1. The molecule has 1 fully saturated rings. The van der Waals surface area contributed by atoms with E-state index in [1.54, 1.807) is 25.2 Å². The van der Waals surface area contributed by atoms with Crippen molar-refractivity contribution in [1.82, 2.24) is 19.3 Å². The quantitative estimate of drug-likeness (QED) is 0.420. The first-order chi connectivity index (χ1) is 16.4. The maximum absolute atomic E-state index is 13.5. The maximum atomic E-state index is 13.5. The normalized spacial score (nSPS) is 13.7. The molecule has 0 aliphatic heterocycles. The number of benzene rings is 2. The lowest BCUT2D eigenvalue weighted by Crippen LogP contribution is -2.26. The molecule has 10 heteroatoms. The molecule has 0 spiro atoms. The minimum absolute atomic E-state index is 0.0180. The van der Waals surface area contributed by atoms with E-state index in [1.807, 2.05) is 30.3 Å². The molecule has 2 aromatic carbocycles. The Morgan fingerprint density at radius 2 is 1.82 bits per heavy atom. The number of methoxy groups -OCH3 is 1. The summed E-state index contributed by atoms with van der Waals surface area (Å²) in [5.74, 6) is 0.437. The van der Waals surface area contributed by atoms with Crippen LogP contribution < -0.4 is 20.3 Å². The highest BCUT2D eigenvalue weighted by Gasteiger charge is 2.30. The summed E-state index contributed by atoms with van der Waals surface area (Å²) in [5, 5.41) is 3.38. The molecule has 0 amide bonds. The van der Waals surface area contributed by atoms with Crippen molar-refractivity contribution in [2.45, 2.75) is 23.8 Å². The molecule has 174 valence electrons. The summed E-state index contributed by atoms with van der Waals surface area (Å²) in [6, 6.07) is 15.9. The van der Waals surface area contributed by atoms with Crippen LogP contribution >= 0.6 is 0 Å². The van der Waals surface area contributed by atoms with E-state index in [0.717, 1.165) is 12.8 Å². The molecule has 1 saturated carbocycles. The molecule has 0 unspecified atom stereocenters. The van der Waals surface area contributed by atoms with Crippen molar-refractivity contribution in [1.29, 1.82) is 0 Å². The number of pyridine rings is 1. The van der Waals surface area contributed by atoms with E-state index in [2.05, 4.69) is 20.0 Å². The van der Waals surface area contributed by atoms with Gasteiger partial charge < -0.3 is 10.1 Å². The van der Waals surface area contributed by atoms with Gasteiger partial charge in [0.15, 0.2) is 0 Å². The largest absolute Gasteiger partial charge is 0.480 e. The van der Waals surface area contributed by atoms with Crippen LogP contribution in [0.5, 0.6) is 5.88 Å². The van der Waals surface area contributed by atoms with Crippen LogP contribution in [-0.4, -0.2) is 43.2 Å². The van der Waals surface area contributed by atoms with Crippen molar-refractivity contribution in [2.24, 2.45) is 0 Å². The molecule has 9 nitrogen and oxygen atoms in total. The number of para-hydroxylation sites is 1. The molecule has 0 bridgehead atoms. The van der Waals surface area contributed by atoms with Gasteiger partial charge >= 0.3 is 0 Å². The molecule has 4 aromatic rings. The third kappa shape index (κ3) is 4.02. The first-order valence-corrected chi connectivity index (χ1v) is 12.3. The van der Waals surface area contributed by atoms with Crippen LogP contribution in [0.1, 0.15) is 12.8 Å². The monoisotopic (exact) mass is 477 g/mol. The summed E-state index contributed by atoms with van der Waals surface area (Å²) in [4.78, 5) is 22.3. The Bertz CT molecular complexity index is 1550. The molecule has 0 atom stereocenters. The standard InChI is InChI=1S/C24H23N5O4S/c1-25-24-27-20-11-8-15(12-19(20)23(30)29(24)18-6-4-3-5-7-18)16-13-21(22(33-2)26-14-16)34(31,32)28-17-9-10-17/h3-8,11-14,17,28H,9-10H2,1-2H3,(H,25,27). The van der Waals surface area contributed by atoms with Crippen molar-refractivity contribution >= 4 is 26.9 Å².